The third kappa shape index (κ3) is 4.64. The fourth-order valence-electron chi connectivity index (χ4n) is 1.76. The molecule has 6 heteroatoms. The Balaban J connectivity index is 1.86. The van der Waals surface area contributed by atoms with Crippen molar-refractivity contribution in [1.29, 1.82) is 0 Å². The number of aromatic nitrogens is 1. The topological polar surface area (TPSA) is 85.1 Å². The molecule has 0 unspecified atom stereocenters. The molecule has 0 aliphatic rings. The molecule has 0 bridgehead atoms. The minimum Gasteiger partial charge on any atom is -0.399 e. The number of nitrogens with two attached hydrogens (primary N) is 1. The summed E-state index contributed by atoms with van der Waals surface area (Å²) in [6.45, 7) is 0.342. The predicted octanol–water partition coefficient (Wildman–Crippen LogP) is 1.33. The summed E-state index contributed by atoms with van der Waals surface area (Å²) in [7, 11) is -3.34. The number of rotatable bonds is 6. The maximum absolute atomic E-state index is 11.9. The average Bonchev–Trinajstić information content (AvgIpc) is 2.42. The van der Waals surface area contributed by atoms with E-state index >= 15 is 0 Å². The SMILES string of the molecule is Nc1ccc(CS(=O)(=O)NCCc2ccccn2)cc1. The van der Waals surface area contributed by atoms with E-state index in [0.717, 1.165) is 5.69 Å². The standard InChI is InChI=1S/C14H17N3O2S/c15-13-6-4-12(5-7-13)11-20(18,19)17-10-8-14-3-1-2-9-16-14/h1-7,9,17H,8,10-11,15H2. The first kappa shape index (κ1) is 14.5. The largest absolute Gasteiger partial charge is 0.399 e. The first-order chi connectivity index (χ1) is 9.55. The Kier molecular flexibility index (Phi) is 4.70. The number of sulfonamides is 1. The highest BCUT2D eigenvalue weighted by Crippen LogP contribution is 2.08. The number of nitrogens with one attached hydrogen (secondary N) is 1. The van der Waals surface area contributed by atoms with E-state index in [9.17, 15) is 8.42 Å². The Morgan fingerprint density at radius 2 is 1.85 bits per heavy atom. The van der Waals surface area contributed by atoms with Crippen LogP contribution >= 0.6 is 0 Å². The number of hydrogen-bond acceptors (Lipinski definition) is 4. The number of anilines is 1. The molecule has 1 aromatic carbocycles. The van der Waals surface area contributed by atoms with E-state index in [1.807, 2.05) is 18.2 Å². The molecule has 20 heavy (non-hydrogen) atoms. The third-order valence-electron chi connectivity index (χ3n) is 2.77. The van der Waals surface area contributed by atoms with Crippen LogP contribution in [0.3, 0.4) is 0 Å². The zero-order valence-electron chi connectivity index (χ0n) is 11.0. The van der Waals surface area contributed by atoms with Gasteiger partial charge in [-0.05, 0) is 29.8 Å². The molecule has 0 fully saturated rings. The van der Waals surface area contributed by atoms with Crippen molar-refractivity contribution < 1.29 is 8.42 Å². The maximum Gasteiger partial charge on any atom is 0.215 e. The lowest BCUT2D eigenvalue weighted by Gasteiger charge is -2.07. The average molecular weight is 291 g/mol. The molecule has 0 aliphatic heterocycles. The van der Waals surface area contributed by atoms with Gasteiger partial charge in [0, 0.05) is 30.5 Å². The van der Waals surface area contributed by atoms with Crippen molar-refractivity contribution in [3.8, 4) is 0 Å². The van der Waals surface area contributed by atoms with Crippen LogP contribution in [-0.4, -0.2) is 19.9 Å². The summed E-state index contributed by atoms with van der Waals surface area (Å²) in [5.74, 6) is -0.0461. The molecule has 0 saturated heterocycles. The van der Waals surface area contributed by atoms with E-state index in [2.05, 4.69) is 9.71 Å². The van der Waals surface area contributed by atoms with Gasteiger partial charge in [0.25, 0.3) is 0 Å². The van der Waals surface area contributed by atoms with Crippen molar-refractivity contribution in [2.45, 2.75) is 12.2 Å². The second-order valence-corrected chi connectivity index (χ2v) is 6.27. The van der Waals surface area contributed by atoms with Gasteiger partial charge in [0.15, 0.2) is 0 Å². The third-order valence-corrected chi connectivity index (χ3v) is 4.12. The number of hydrogen-bond donors (Lipinski definition) is 2. The molecule has 0 atom stereocenters. The number of nitrogen functional groups attached to an aromatic ring is 1. The van der Waals surface area contributed by atoms with E-state index in [-0.39, 0.29) is 5.75 Å². The Morgan fingerprint density at radius 3 is 2.50 bits per heavy atom. The normalized spacial score (nSPS) is 11.4. The zero-order valence-corrected chi connectivity index (χ0v) is 11.8. The summed E-state index contributed by atoms with van der Waals surface area (Å²) in [5, 5.41) is 0. The van der Waals surface area contributed by atoms with Crippen LogP contribution < -0.4 is 10.5 Å². The fraction of sp³-hybridized carbons (Fsp3) is 0.214. The van der Waals surface area contributed by atoms with Crippen molar-refractivity contribution >= 4 is 15.7 Å². The molecule has 2 rings (SSSR count). The quantitative estimate of drug-likeness (QED) is 0.786. The smallest absolute Gasteiger partial charge is 0.215 e. The molecule has 2 aromatic rings. The lowest BCUT2D eigenvalue weighted by atomic mass is 10.2. The summed E-state index contributed by atoms with van der Waals surface area (Å²) < 4.78 is 26.4. The second kappa shape index (κ2) is 6.49. The number of pyridine rings is 1. The van der Waals surface area contributed by atoms with E-state index in [1.54, 1.807) is 30.5 Å². The molecule has 0 aliphatic carbocycles. The van der Waals surface area contributed by atoms with Crippen molar-refractivity contribution in [3.05, 3.63) is 59.9 Å². The van der Waals surface area contributed by atoms with E-state index in [1.165, 1.54) is 0 Å². The Labute approximate surface area is 118 Å². The first-order valence-electron chi connectivity index (χ1n) is 6.27. The Morgan fingerprint density at radius 1 is 1.10 bits per heavy atom. The molecule has 1 heterocycles. The Hall–Kier alpha value is -1.92. The highest BCUT2D eigenvalue weighted by Gasteiger charge is 2.10. The summed E-state index contributed by atoms with van der Waals surface area (Å²) in [6, 6.07) is 12.4. The Bertz CT molecular complexity index is 640. The van der Waals surface area contributed by atoms with Crippen molar-refractivity contribution in [2.75, 3.05) is 12.3 Å². The van der Waals surface area contributed by atoms with Crippen LogP contribution in [0.2, 0.25) is 0 Å². The van der Waals surface area contributed by atoms with Crippen LogP contribution in [0.4, 0.5) is 5.69 Å². The van der Waals surface area contributed by atoms with E-state index in [0.29, 0.717) is 24.2 Å². The maximum atomic E-state index is 11.9. The monoisotopic (exact) mass is 291 g/mol. The van der Waals surface area contributed by atoms with E-state index in [4.69, 9.17) is 5.73 Å². The zero-order chi connectivity index (χ0) is 14.4. The highest BCUT2D eigenvalue weighted by atomic mass is 32.2. The van der Waals surface area contributed by atoms with Crippen LogP contribution in [0.15, 0.2) is 48.7 Å². The molecule has 5 nitrogen and oxygen atoms in total. The highest BCUT2D eigenvalue weighted by molar-refractivity contribution is 7.88. The van der Waals surface area contributed by atoms with Crippen LogP contribution in [0.5, 0.6) is 0 Å². The van der Waals surface area contributed by atoms with Crippen molar-refractivity contribution in [3.63, 3.8) is 0 Å². The number of nitrogens with zero attached hydrogens (tertiary/aromatic N) is 1. The molecule has 0 amide bonds. The molecule has 0 saturated carbocycles. The van der Waals surface area contributed by atoms with Crippen LogP contribution in [-0.2, 0) is 22.2 Å². The van der Waals surface area contributed by atoms with Gasteiger partial charge >= 0.3 is 0 Å². The van der Waals surface area contributed by atoms with E-state index < -0.39 is 10.0 Å². The van der Waals surface area contributed by atoms with Gasteiger partial charge in [0.05, 0.1) is 5.75 Å². The van der Waals surface area contributed by atoms with Gasteiger partial charge in [-0.3, -0.25) is 4.98 Å². The lowest BCUT2D eigenvalue weighted by molar-refractivity contribution is 0.580. The van der Waals surface area contributed by atoms with Gasteiger partial charge in [0.2, 0.25) is 10.0 Å². The van der Waals surface area contributed by atoms with Crippen LogP contribution in [0.1, 0.15) is 11.3 Å². The van der Waals surface area contributed by atoms with Gasteiger partial charge in [-0.1, -0.05) is 18.2 Å². The number of benzene rings is 1. The van der Waals surface area contributed by atoms with Gasteiger partial charge in [-0.25, -0.2) is 13.1 Å². The molecular formula is C14H17N3O2S. The van der Waals surface area contributed by atoms with Gasteiger partial charge < -0.3 is 5.73 Å². The molecule has 0 radical (unpaired) electrons. The second-order valence-electron chi connectivity index (χ2n) is 4.47. The predicted molar refractivity (Wildman–Crippen MR) is 79.4 cm³/mol. The summed E-state index contributed by atoms with van der Waals surface area (Å²) in [6.07, 6.45) is 2.26. The van der Waals surface area contributed by atoms with Crippen LogP contribution in [0, 0.1) is 0 Å². The lowest BCUT2D eigenvalue weighted by Crippen LogP contribution is -2.27. The summed E-state index contributed by atoms with van der Waals surface area (Å²) >= 11 is 0. The minimum absolute atomic E-state index is 0.0461. The van der Waals surface area contributed by atoms with Crippen molar-refractivity contribution in [1.82, 2.24) is 9.71 Å². The van der Waals surface area contributed by atoms with Gasteiger partial charge in [0.1, 0.15) is 0 Å². The molecule has 3 N–H and O–H groups in total. The molecule has 1 aromatic heterocycles. The molecule has 106 valence electrons. The van der Waals surface area contributed by atoms with Crippen LogP contribution in [0.25, 0.3) is 0 Å². The minimum atomic E-state index is -3.34. The van der Waals surface area contributed by atoms with Gasteiger partial charge in [-0.15, -0.1) is 0 Å². The summed E-state index contributed by atoms with van der Waals surface area (Å²) in [5.41, 5.74) is 7.76. The molecule has 0 spiro atoms. The van der Waals surface area contributed by atoms with Gasteiger partial charge in [-0.2, -0.15) is 0 Å². The fourth-order valence-corrected chi connectivity index (χ4v) is 2.91. The summed E-state index contributed by atoms with van der Waals surface area (Å²) in [4.78, 5) is 4.14. The molecular weight excluding hydrogens is 274 g/mol. The van der Waals surface area contributed by atoms with Crippen molar-refractivity contribution in [2.24, 2.45) is 0 Å². The first-order valence-corrected chi connectivity index (χ1v) is 7.92.